The molecule has 0 spiro atoms. The fourth-order valence-electron chi connectivity index (χ4n) is 2.61. The van der Waals surface area contributed by atoms with Gasteiger partial charge in [0.25, 0.3) is 0 Å². The Morgan fingerprint density at radius 3 is 2.75 bits per heavy atom. The molecule has 0 unspecified atom stereocenters. The quantitative estimate of drug-likeness (QED) is 0.540. The molecule has 9 nitrogen and oxygen atoms in total. The maximum Gasteiger partial charge on any atom is 0.208 e. The second kappa shape index (κ2) is 6.70. The number of hydrogen-bond acceptors (Lipinski definition) is 8. The third kappa shape index (κ3) is 2.70. The molecule has 2 aromatic rings. The number of rotatable bonds is 3. The number of aliphatic hydroxyl groups excluding tert-OH is 3. The molecule has 1 aliphatic rings. The normalized spacial score (nSPS) is 26.4. The lowest BCUT2D eigenvalue weighted by molar-refractivity contribution is -0.0511. The monoisotopic (exact) mass is 333 g/mol. The van der Waals surface area contributed by atoms with E-state index < -0.39 is 31.1 Å². The highest BCUT2D eigenvalue weighted by Crippen LogP contribution is 2.32. The van der Waals surface area contributed by atoms with Gasteiger partial charge in [0, 0.05) is 13.5 Å². The molecule has 0 aromatic carbocycles. The lowest BCUT2D eigenvalue weighted by atomic mass is 10.1. The van der Waals surface area contributed by atoms with Crippen LogP contribution in [0.5, 0.6) is 0 Å². The molecule has 1 fully saturated rings. The van der Waals surface area contributed by atoms with Gasteiger partial charge in [0.05, 0.1) is 12.9 Å². The zero-order chi connectivity index (χ0) is 17.3. The molecule has 0 saturated carbocycles. The van der Waals surface area contributed by atoms with Crippen molar-refractivity contribution in [3.8, 4) is 11.8 Å². The molecule has 0 bridgehead atoms. The summed E-state index contributed by atoms with van der Waals surface area (Å²) >= 11 is 0. The van der Waals surface area contributed by atoms with Gasteiger partial charge >= 0.3 is 0 Å². The summed E-state index contributed by atoms with van der Waals surface area (Å²) in [6.07, 6.45) is -2.05. The highest BCUT2D eigenvalue weighted by molar-refractivity contribution is 5.83. The Morgan fingerprint density at radius 2 is 2.12 bits per heavy atom. The smallest absolute Gasteiger partial charge is 0.208 e. The largest absolute Gasteiger partial charge is 0.394 e. The van der Waals surface area contributed by atoms with Gasteiger partial charge in [-0.15, -0.1) is 0 Å². The molecule has 4 atom stereocenters. The summed E-state index contributed by atoms with van der Waals surface area (Å²) in [5, 5.41) is 32.3. The summed E-state index contributed by atoms with van der Waals surface area (Å²) in [5.41, 5.74) is 0.918. The minimum atomic E-state index is -1.21. The van der Waals surface area contributed by atoms with Crippen LogP contribution >= 0.6 is 0 Å². The summed E-state index contributed by atoms with van der Waals surface area (Å²) in [5.74, 6) is 6.60. The Morgan fingerprint density at radius 1 is 1.33 bits per heavy atom. The lowest BCUT2D eigenvalue weighted by Crippen LogP contribution is -2.33. The number of nitrogens with one attached hydrogen (secondary N) is 1. The average Bonchev–Trinajstić information content (AvgIpc) is 3.14. The highest BCUT2D eigenvalue weighted by atomic mass is 16.6. The van der Waals surface area contributed by atoms with Crippen molar-refractivity contribution in [1.82, 2.24) is 19.5 Å². The first kappa shape index (κ1) is 16.6. The van der Waals surface area contributed by atoms with Gasteiger partial charge in [-0.3, -0.25) is 4.57 Å². The Kier molecular flexibility index (Phi) is 4.64. The summed E-state index contributed by atoms with van der Waals surface area (Å²) in [7, 11) is 1.71. The molecule has 3 heterocycles. The van der Waals surface area contributed by atoms with E-state index in [1.54, 1.807) is 7.05 Å². The molecule has 0 amide bonds. The van der Waals surface area contributed by atoms with E-state index >= 15 is 0 Å². The van der Waals surface area contributed by atoms with Crippen LogP contribution in [0.2, 0.25) is 0 Å². The minimum absolute atomic E-state index is 0.321. The average molecular weight is 333 g/mol. The molecular weight excluding hydrogens is 314 g/mol. The van der Waals surface area contributed by atoms with Gasteiger partial charge in [-0.2, -0.15) is 0 Å². The van der Waals surface area contributed by atoms with E-state index in [1.165, 1.54) is 10.9 Å². The SMILES string of the molecule is CCC#Cc1nc(NC)c2ncn([C@@H]3O[C@H](CO)[C@@H](O)[C@@H]3O)c2n1. The standard InChI is InChI=1S/C15H19N5O4/c1-3-4-5-9-18-13(16-2)10-14(19-9)20(7-17-10)15-12(23)11(22)8(6-21)24-15/h7-8,11-12,15,21-23H,3,6H2,1-2H3,(H,16,18,19)/t8-,11-,12+,15-/m1/s1. The van der Waals surface area contributed by atoms with E-state index in [9.17, 15) is 15.3 Å². The molecule has 9 heteroatoms. The summed E-state index contributed by atoms with van der Waals surface area (Å²) < 4.78 is 7.05. The van der Waals surface area contributed by atoms with Crippen molar-refractivity contribution in [2.45, 2.75) is 37.9 Å². The van der Waals surface area contributed by atoms with Crippen LogP contribution in [0.25, 0.3) is 11.2 Å². The fraction of sp³-hybridized carbons (Fsp3) is 0.533. The fourth-order valence-corrected chi connectivity index (χ4v) is 2.61. The van der Waals surface area contributed by atoms with E-state index in [-0.39, 0.29) is 0 Å². The number of aromatic nitrogens is 4. The predicted octanol–water partition coefficient (Wildman–Crippen LogP) is -0.759. The van der Waals surface area contributed by atoms with Crippen molar-refractivity contribution in [2.75, 3.05) is 19.0 Å². The van der Waals surface area contributed by atoms with Crippen LogP contribution in [0.4, 0.5) is 5.82 Å². The maximum atomic E-state index is 10.2. The zero-order valence-electron chi connectivity index (χ0n) is 13.3. The second-order valence-electron chi connectivity index (χ2n) is 5.35. The van der Waals surface area contributed by atoms with Crippen molar-refractivity contribution in [2.24, 2.45) is 0 Å². The number of anilines is 1. The van der Waals surface area contributed by atoms with Crippen LogP contribution in [0.1, 0.15) is 25.4 Å². The molecular formula is C15H19N5O4. The molecule has 0 radical (unpaired) electrons. The van der Waals surface area contributed by atoms with Gasteiger partial charge in [-0.05, 0) is 5.92 Å². The van der Waals surface area contributed by atoms with Crippen LogP contribution in [0, 0.1) is 11.8 Å². The Balaban J connectivity index is 2.09. The lowest BCUT2D eigenvalue weighted by Gasteiger charge is -2.16. The topological polar surface area (TPSA) is 126 Å². The molecule has 4 N–H and O–H groups in total. The molecule has 1 saturated heterocycles. The number of nitrogens with zero attached hydrogens (tertiary/aromatic N) is 4. The molecule has 128 valence electrons. The van der Waals surface area contributed by atoms with Crippen molar-refractivity contribution < 1.29 is 20.1 Å². The van der Waals surface area contributed by atoms with Gasteiger partial charge in [0.15, 0.2) is 23.2 Å². The van der Waals surface area contributed by atoms with E-state index in [0.717, 1.165) is 0 Å². The van der Waals surface area contributed by atoms with Crippen LogP contribution in [-0.2, 0) is 4.74 Å². The van der Waals surface area contributed by atoms with Crippen molar-refractivity contribution >= 4 is 17.0 Å². The number of fused-ring (bicyclic) bond motifs is 1. The number of aliphatic hydroxyl groups is 3. The Labute approximate surface area is 138 Å². The van der Waals surface area contributed by atoms with Crippen LogP contribution in [0.3, 0.4) is 0 Å². The Bertz CT molecular complexity index is 796. The van der Waals surface area contributed by atoms with Crippen molar-refractivity contribution in [3.05, 3.63) is 12.2 Å². The molecule has 1 aliphatic heterocycles. The summed E-state index contributed by atoms with van der Waals surface area (Å²) in [6.45, 7) is 1.53. The first-order valence-corrected chi connectivity index (χ1v) is 7.64. The van der Waals surface area contributed by atoms with E-state index in [2.05, 4.69) is 32.1 Å². The Hall–Kier alpha value is -2.25. The van der Waals surface area contributed by atoms with Crippen LogP contribution < -0.4 is 5.32 Å². The van der Waals surface area contributed by atoms with Gasteiger partial charge in [-0.1, -0.05) is 12.8 Å². The van der Waals surface area contributed by atoms with Gasteiger partial charge in [0.1, 0.15) is 18.3 Å². The highest BCUT2D eigenvalue weighted by Gasteiger charge is 2.44. The van der Waals surface area contributed by atoms with Crippen LogP contribution in [0.15, 0.2) is 6.33 Å². The van der Waals surface area contributed by atoms with Crippen LogP contribution in [-0.4, -0.2) is 66.8 Å². The number of imidazole rings is 1. The van der Waals surface area contributed by atoms with Gasteiger partial charge in [-0.25, -0.2) is 15.0 Å². The van der Waals surface area contributed by atoms with E-state index in [0.29, 0.717) is 29.2 Å². The zero-order valence-corrected chi connectivity index (χ0v) is 13.3. The van der Waals surface area contributed by atoms with Crippen molar-refractivity contribution in [1.29, 1.82) is 0 Å². The minimum Gasteiger partial charge on any atom is -0.394 e. The maximum absolute atomic E-state index is 10.2. The third-order valence-corrected chi connectivity index (χ3v) is 3.83. The number of hydrogen-bond donors (Lipinski definition) is 4. The van der Waals surface area contributed by atoms with Gasteiger partial charge < -0.3 is 25.4 Å². The molecule has 2 aromatic heterocycles. The van der Waals surface area contributed by atoms with Gasteiger partial charge in [0.2, 0.25) is 5.82 Å². The predicted molar refractivity (Wildman–Crippen MR) is 85.0 cm³/mol. The third-order valence-electron chi connectivity index (χ3n) is 3.83. The van der Waals surface area contributed by atoms with E-state index in [1.807, 2.05) is 6.92 Å². The second-order valence-corrected chi connectivity index (χ2v) is 5.35. The molecule has 3 rings (SSSR count). The first-order valence-electron chi connectivity index (χ1n) is 7.64. The summed E-state index contributed by atoms with van der Waals surface area (Å²) in [6, 6.07) is 0. The summed E-state index contributed by atoms with van der Waals surface area (Å²) in [4.78, 5) is 12.9. The number of ether oxygens (including phenoxy) is 1. The first-order chi connectivity index (χ1) is 11.6. The van der Waals surface area contributed by atoms with Crippen molar-refractivity contribution in [3.63, 3.8) is 0 Å². The molecule has 0 aliphatic carbocycles. The van der Waals surface area contributed by atoms with E-state index in [4.69, 9.17) is 4.74 Å². The molecule has 24 heavy (non-hydrogen) atoms.